The fraction of sp³-hybridized carbons (Fsp3) is 0.294. The molecule has 3 N–H and O–H groups in total. The lowest BCUT2D eigenvalue weighted by molar-refractivity contribution is 0.440. The smallest absolute Gasteiger partial charge is 0.146 e. The summed E-state index contributed by atoms with van der Waals surface area (Å²) in [4.78, 5) is 1.47. The number of benzene rings is 2. The number of aryl methyl sites for hydroxylation is 1. The third kappa shape index (κ3) is 2.39. The molecule has 0 unspecified atom stereocenters. The van der Waals surface area contributed by atoms with Crippen LogP contribution in [0.3, 0.4) is 0 Å². The minimum atomic E-state index is -0.165. The van der Waals surface area contributed by atoms with Gasteiger partial charge in [0.25, 0.3) is 0 Å². The predicted octanol–water partition coefficient (Wildman–Crippen LogP) is 3.31. The van der Waals surface area contributed by atoms with Crippen molar-refractivity contribution < 1.29 is 5.11 Å². The molecule has 0 radical (unpaired) electrons. The Bertz CT molecular complexity index is 859. The van der Waals surface area contributed by atoms with E-state index in [1.807, 2.05) is 25.1 Å². The van der Waals surface area contributed by atoms with E-state index in [2.05, 4.69) is 31.0 Å². The molecular weight excluding hydrogens is 276 g/mol. The van der Waals surface area contributed by atoms with Gasteiger partial charge in [0.05, 0.1) is 0 Å². The van der Waals surface area contributed by atoms with Crippen LogP contribution in [0.15, 0.2) is 30.3 Å². The Morgan fingerprint density at radius 1 is 1.05 bits per heavy atom. The predicted molar refractivity (Wildman–Crippen MR) is 88.4 cm³/mol. The van der Waals surface area contributed by atoms with Crippen molar-refractivity contribution in [3.05, 3.63) is 41.5 Å². The van der Waals surface area contributed by atoms with Crippen LogP contribution >= 0.6 is 0 Å². The number of phenols is 1. The lowest BCUT2D eigenvalue weighted by atomic mass is 9.85. The quantitative estimate of drug-likeness (QED) is 0.675. The van der Waals surface area contributed by atoms with Gasteiger partial charge in [-0.05, 0) is 42.2 Å². The first-order chi connectivity index (χ1) is 10.3. The van der Waals surface area contributed by atoms with Crippen LogP contribution in [0.4, 0.5) is 5.69 Å². The summed E-state index contributed by atoms with van der Waals surface area (Å²) < 4.78 is 0. The van der Waals surface area contributed by atoms with Crippen molar-refractivity contribution in [1.29, 1.82) is 0 Å². The molecule has 0 spiro atoms. The zero-order chi connectivity index (χ0) is 16.1. The van der Waals surface area contributed by atoms with Gasteiger partial charge in [0, 0.05) is 11.3 Å². The minimum absolute atomic E-state index is 0.165. The zero-order valence-corrected chi connectivity index (χ0v) is 13.3. The Morgan fingerprint density at radius 2 is 1.73 bits per heavy atom. The molecule has 3 rings (SSSR count). The lowest BCUT2D eigenvalue weighted by Crippen LogP contribution is -2.13. The van der Waals surface area contributed by atoms with Crippen molar-refractivity contribution in [2.45, 2.75) is 33.1 Å². The fourth-order valence-electron chi connectivity index (χ4n) is 2.52. The standard InChI is InChI=1S/C17H20N4O/c1-10-7-12(17(2,3)4)16(22)15(8-10)21-19-13-6-5-11(18)9-14(13)20-21/h5-9,22H,18H2,1-4H3. The zero-order valence-electron chi connectivity index (χ0n) is 13.3. The normalized spacial score (nSPS) is 12.0. The largest absolute Gasteiger partial charge is 0.505 e. The molecule has 0 saturated heterocycles. The highest BCUT2D eigenvalue weighted by Crippen LogP contribution is 2.36. The SMILES string of the molecule is Cc1cc(-n2nc3ccc(N)cc3n2)c(O)c(C(C)(C)C)c1. The van der Waals surface area contributed by atoms with E-state index in [1.165, 1.54) is 4.80 Å². The van der Waals surface area contributed by atoms with Crippen molar-refractivity contribution in [3.63, 3.8) is 0 Å². The summed E-state index contributed by atoms with van der Waals surface area (Å²) in [5, 5.41) is 19.5. The van der Waals surface area contributed by atoms with Crippen molar-refractivity contribution in [2.24, 2.45) is 0 Å². The molecule has 0 aliphatic carbocycles. The lowest BCUT2D eigenvalue weighted by Gasteiger charge is -2.22. The van der Waals surface area contributed by atoms with Crippen molar-refractivity contribution in [2.75, 3.05) is 5.73 Å². The van der Waals surface area contributed by atoms with Crippen LogP contribution in [-0.2, 0) is 5.41 Å². The molecule has 0 bridgehead atoms. The summed E-state index contributed by atoms with van der Waals surface area (Å²) >= 11 is 0. The fourth-order valence-corrected chi connectivity index (χ4v) is 2.52. The molecule has 0 aliphatic rings. The molecule has 5 heteroatoms. The number of hydrogen-bond acceptors (Lipinski definition) is 4. The Labute approximate surface area is 129 Å². The third-order valence-corrected chi connectivity index (χ3v) is 3.66. The molecule has 3 aromatic rings. The Kier molecular flexibility index (Phi) is 3.09. The molecule has 0 aliphatic heterocycles. The number of aromatic nitrogens is 3. The van der Waals surface area contributed by atoms with Crippen LogP contribution in [0.2, 0.25) is 0 Å². The number of nitrogens with two attached hydrogens (primary N) is 1. The monoisotopic (exact) mass is 296 g/mol. The molecule has 0 saturated carbocycles. The van der Waals surface area contributed by atoms with Crippen LogP contribution < -0.4 is 5.73 Å². The molecule has 5 nitrogen and oxygen atoms in total. The van der Waals surface area contributed by atoms with E-state index in [0.29, 0.717) is 16.9 Å². The van der Waals surface area contributed by atoms with E-state index >= 15 is 0 Å². The average molecular weight is 296 g/mol. The number of hydrogen-bond donors (Lipinski definition) is 2. The topological polar surface area (TPSA) is 77.0 Å². The Morgan fingerprint density at radius 3 is 2.41 bits per heavy atom. The van der Waals surface area contributed by atoms with E-state index < -0.39 is 0 Å². The highest BCUT2D eigenvalue weighted by Gasteiger charge is 2.22. The van der Waals surface area contributed by atoms with Crippen LogP contribution in [-0.4, -0.2) is 20.1 Å². The number of fused-ring (bicyclic) bond motifs is 1. The second-order valence-electron chi connectivity index (χ2n) is 6.67. The summed E-state index contributed by atoms with van der Waals surface area (Å²) in [6, 6.07) is 9.27. The van der Waals surface area contributed by atoms with Gasteiger partial charge >= 0.3 is 0 Å². The number of aromatic hydroxyl groups is 1. The van der Waals surface area contributed by atoms with Crippen LogP contribution in [0, 0.1) is 6.92 Å². The van der Waals surface area contributed by atoms with Gasteiger partial charge < -0.3 is 10.8 Å². The van der Waals surface area contributed by atoms with Gasteiger partial charge in [0.1, 0.15) is 22.5 Å². The van der Waals surface area contributed by atoms with Gasteiger partial charge in [-0.25, -0.2) is 0 Å². The first kappa shape index (κ1) is 14.4. The Hall–Kier alpha value is -2.56. The number of rotatable bonds is 1. The molecule has 2 aromatic carbocycles. The molecule has 0 atom stereocenters. The first-order valence-corrected chi connectivity index (χ1v) is 7.23. The first-order valence-electron chi connectivity index (χ1n) is 7.23. The number of nitrogen functional groups attached to an aromatic ring is 1. The number of phenolic OH excluding ortho intramolecular Hbond substituents is 1. The van der Waals surface area contributed by atoms with E-state index in [0.717, 1.165) is 16.6 Å². The maximum Gasteiger partial charge on any atom is 0.146 e. The van der Waals surface area contributed by atoms with Gasteiger partial charge in [-0.15, -0.1) is 15.0 Å². The number of anilines is 1. The number of nitrogens with zero attached hydrogens (tertiary/aromatic N) is 3. The van der Waals surface area contributed by atoms with Crippen LogP contribution in [0.1, 0.15) is 31.9 Å². The minimum Gasteiger partial charge on any atom is -0.505 e. The van der Waals surface area contributed by atoms with E-state index in [4.69, 9.17) is 5.73 Å². The van der Waals surface area contributed by atoms with E-state index in [1.54, 1.807) is 12.1 Å². The van der Waals surface area contributed by atoms with Gasteiger partial charge in [0.15, 0.2) is 0 Å². The second kappa shape index (κ2) is 4.73. The maximum atomic E-state index is 10.7. The Balaban J connectivity index is 2.24. The molecule has 22 heavy (non-hydrogen) atoms. The molecule has 114 valence electrons. The molecular formula is C17H20N4O. The maximum absolute atomic E-state index is 10.7. The molecule has 0 amide bonds. The highest BCUT2D eigenvalue weighted by molar-refractivity contribution is 5.78. The molecule has 1 heterocycles. The highest BCUT2D eigenvalue weighted by atomic mass is 16.3. The molecule has 0 fully saturated rings. The van der Waals surface area contributed by atoms with E-state index in [9.17, 15) is 5.11 Å². The van der Waals surface area contributed by atoms with Gasteiger partial charge in [-0.1, -0.05) is 26.8 Å². The summed E-state index contributed by atoms with van der Waals surface area (Å²) in [5.74, 6) is 0.214. The summed E-state index contributed by atoms with van der Waals surface area (Å²) in [7, 11) is 0. The third-order valence-electron chi connectivity index (χ3n) is 3.66. The summed E-state index contributed by atoms with van der Waals surface area (Å²) in [5.41, 5.74) is 10.2. The second-order valence-corrected chi connectivity index (χ2v) is 6.67. The van der Waals surface area contributed by atoms with Crippen LogP contribution in [0.5, 0.6) is 5.75 Å². The summed E-state index contributed by atoms with van der Waals surface area (Å²) in [6.07, 6.45) is 0. The van der Waals surface area contributed by atoms with Crippen molar-refractivity contribution >= 4 is 16.7 Å². The van der Waals surface area contributed by atoms with Gasteiger partial charge in [0.2, 0.25) is 0 Å². The van der Waals surface area contributed by atoms with Crippen LogP contribution in [0.25, 0.3) is 16.7 Å². The van der Waals surface area contributed by atoms with Crippen molar-refractivity contribution in [1.82, 2.24) is 15.0 Å². The average Bonchev–Trinajstić information content (AvgIpc) is 2.82. The van der Waals surface area contributed by atoms with E-state index in [-0.39, 0.29) is 11.2 Å². The van der Waals surface area contributed by atoms with Crippen molar-refractivity contribution in [3.8, 4) is 11.4 Å². The van der Waals surface area contributed by atoms with Gasteiger partial charge in [-0.2, -0.15) is 0 Å². The van der Waals surface area contributed by atoms with Gasteiger partial charge in [-0.3, -0.25) is 0 Å². The molecule has 1 aromatic heterocycles. The summed E-state index contributed by atoms with van der Waals surface area (Å²) in [6.45, 7) is 8.20.